The monoisotopic (exact) mass is 300 g/mol. The highest BCUT2D eigenvalue weighted by molar-refractivity contribution is 5.87. The summed E-state index contributed by atoms with van der Waals surface area (Å²) in [5.74, 6) is 1.07. The second-order valence-electron chi connectivity index (χ2n) is 4.72. The summed E-state index contributed by atoms with van der Waals surface area (Å²) in [7, 11) is 0. The predicted molar refractivity (Wildman–Crippen MR) is 79.2 cm³/mol. The van der Waals surface area contributed by atoms with Crippen LogP contribution < -0.4 is 10.6 Å². The number of anilines is 1. The van der Waals surface area contributed by atoms with Gasteiger partial charge in [-0.25, -0.2) is 4.79 Å². The number of urea groups is 1. The van der Waals surface area contributed by atoms with Crippen molar-refractivity contribution < 1.29 is 4.79 Å². The van der Waals surface area contributed by atoms with E-state index in [2.05, 4.69) is 31.1 Å². The molecule has 0 aliphatic heterocycles. The maximum atomic E-state index is 11.9. The topological polar surface area (TPSA) is 102 Å². The van der Waals surface area contributed by atoms with E-state index in [-0.39, 0.29) is 12.6 Å². The molecule has 22 heavy (non-hydrogen) atoms. The first-order valence-electron chi connectivity index (χ1n) is 7.00. The molecule has 0 aliphatic rings. The molecule has 0 fully saturated rings. The van der Waals surface area contributed by atoms with Crippen LogP contribution in [0.15, 0.2) is 30.6 Å². The molecule has 0 saturated carbocycles. The van der Waals surface area contributed by atoms with Gasteiger partial charge >= 0.3 is 6.03 Å². The molecule has 0 aromatic carbocycles. The van der Waals surface area contributed by atoms with Crippen LogP contribution in [0.2, 0.25) is 0 Å². The number of nitrogens with zero attached hydrogens (tertiary/aromatic N) is 6. The Kier molecular flexibility index (Phi) is 3.95. The fraction of sp³-hybridized carbons (Fsp3) is 0.308. The third-order valence-corrected chi connectivity index (χ3v) is 3.02. The average molecular weight is 300 g/mol. The Hall–Kier alpha value is -2.97. The number of hydrogen-bond donors (Lipinski definition) is 2. The Morgan fingerprint density at radius 2 is 2.18 bits per heavy atom. The van der Waals surface area contributed by atoms with Crippen LogP contribution in [-0.4, -0.2) is 35.6 Å². The van der Waals surface area contributed by atoms with Crippen molar-refractivity contribution in [2.45, 2.75) is 26.4 Å². The van der Waals surface area contributed by atoms with Gasteiger partial charge < -0.3 is 5.32 Å². The van der Waals surface area contributed by atoms with E-state index in [4.69, 9.17) is 0 Å². The number of aryl methyl sites for hydroxylation is 1. The van der Waals surface area contributed by atoms with Gasteiger partial charge in [-0.2, -0.15) is 0 Å². The third-order valence-electron chi connectivity index (χ3n) is 3.02. The Morgan fingerprint density at radius 1 is 1.27 bits per heavy atom. The van der Waals surface area contributed by atoms with Gasteiger partial charge in [-0.05, 0) is 18.6 Å². The molecule has 3 aromatic rings. The van der Waals surface area contributed by atoms with Crippen LogP contribution in [0.1, 0.15) is 19.2 Å². The maximum Gasteiger partial charge on any atom is 0.320 e. The summed E-state index contributed by atoms with van der Waals surface area (Å²) in [6.07, 6.45) is 4.49. The summed E-state index contributed by atoms with van der Waals surface area (Å²) in [6.45, 7) is 3.08. The smallest absolute Gasteiger partial charge is 0.320 e. The lowest BCUT2D eigenvalue weighted by atomic mass is 10.4. The molecule has 2 amide bonds. The highest BCUT2D eigenvalue weighted by atomic mass is 16.2. The Morgan fingerprint density at radius 3 is 3.05 bits per heavy atom. The van der Waals surface area contributed by atoms with Crippen LogP contribution in [0.5, 0.6) is 0 Å². The molecule has 0 atom stereocenters. The number of nitrogens with one attached hydrogen (secondary N) is 2. The molecule has 0 aliphatic carbocycles. The SMILES string of the molecule is CCCn1cc(NC(=O)NCc2nnc3ccccn23)nn1. The molecule has 3 heterocycles. The van der Waals surface area contributed by atoms with Gasteiger partial charge in [-0.3, -0.25) is 14.4 Å². The second-order valence-corrected chi connectivity index (χ2v) is 4.72. The highest BCUT2D eigenvalue weighted by Gasteiger charge is 2.08. The van der Waals surface area contributed by atoms with Crippen molar-refractivity contribution in [3.05, 3.63) is 36.4 Å². The lowest BCUT2D eigenvalue weighted by Crippen LogP contribution is -2.29. The number of aromatic nitrogens is 6. The summed E-state index contributed by atoms with van der Waals surface area (Å²) in [4.78, 5) is 11.9. The van der Waals surface area contributed by atoms with Crippen LogP contribution in [0, 0.1) is 0 Å². The van der Waals surface area contributed by atoms with E-state index >= 15 is 0 Å². The third kappa shape index (κ3) is 3.03. The second kappa shape index (κ2) is 6.20. The number of hydrogen-bond acceptors (Lipinski definition) is 5. The lowest BCUT2D eigenvalue weighted by molar-refractivity contribution is 0.251. The van der Waals surface area contributed by atoms with Gasteiger partial charge in [0, 0.05) is 12.7 Å². The van der Waals surface area contributed by atoms with E-state index in [1.54, 1.807) is 10.9 Å². The molecule has 0 radical (unpaired) electrons. The van der Waals surface area contributed by atoms with Crippen molar-refractivity contribution in [2.75, 3.05) is 5.32 Å². The quantitative estimate of drug-likeness (QED) is 0.733. The first kappa shape index (κ1) is 14.0. The van der Waals surface area contributed by atoms with Crippen molar-refractivity contribution in [3.63, 3.8) is 0 Å². The molecular formula is C13H16N8O. The lowest BCUT2D eigenvalue weighted by Gasteiger charge is -2.04. The molecule has 2 N–H and O–H groups in total. The summed E-state index contributed by atoms with van der Waals surface area (Å²) < 4.78 is 3.50. The molecule has 0 bridgehead atoms. The minimum atomic E-state index is -0.365. The first-order chi connectivity index (χ1) is 10.8. The van der Waals surface area contributed by atoms with E-state index in [0.717, 1.165) is 18.6 Å². The average Bonchev–Trinajstić information content (AvgIpc) is 3.12. The van der Waals surface area contributed by atoms with Crippen LogP contribution in [-0.2, 0) is 13.1 Å². The molecule has 9 nitrogen and oxygen atoms in total. The summed E-state index contributed by atoms with van der Waals surface area (Å²) in [6, 6.07) is 5.25. The normalized spacial score (nSPS) is 10.8. The van der Waals surface area contributed by atoms with Gasteiger partial charge in [0.05, 0.1) is 12.7 Å². The van der Waals surface area contributed by atoms with Crippen molar-refractivity contribution in [1.82, 2.24) is 34.9 Å². The zero-order chi connectivity index (χ0) is 15.4. The minimum Gasteiger partial charge on any atom is -0.331 e. The van der Waals surface area contributed by atoms with Gasteiger partial charge in [0.1, 0.15) is 0 Å². The van der Waals surface area contributed by atoms with Gasteiger partial charge in [-0.1, -0.05) is 18.2 Å². The van der Waals surface area contributed by atoms with E-state index in [0.29, 0.717) is 11.6 Å². The number of carbonyl (C=O) groups excluding carboxylic acids is 1. The van der Waals surface area contributed by atoms with Crippen LogP contribution in [0.4, 0.5) is 10.6 Å². The van der Waals surface area contributed by atoms with Gasteiger partial charge in [0.15, 0.2) is 17.3 Å². The van der Waals surface area contributed by atoms with Crippen molar-refractivity contribution >= 4 is 17.5 Å². The summed E-state index contributed by atoms with van der Waals surface area (Å²) >= 11 is 0. The van der Waals surface area contributed by atoms with Gasteiger partial charge in [0.2, 0.25) is 0 Å². The number of fused-ring (bicyclic) bond motifs is 1. The standard InChI is InChI=1S/C13H16N8O/c1-2-6-20-9-10(16-19-20)15-13(22)14-8-12-18-17-11-5-3-4-7-21(11)12/h3-5,7,9H,2,6,8H2,1H3,(H2,14,15,22). The number of carbonyl (C=O) groups is 1. The Balaban J connectivity index is 1.57. The predicted octanol–water partition coefficient (Wildman–Crippen LogP) is 1.05. The summed E-state index contributed by atoms with van der Waals surface area (Å²) in [5, 5.41) is 21.2. The summed E-state index contributed by atoms with van der Waals surface area (Å²) in [5.41, 5.74) is 0.738. The molecule has 0 spiro atoms. The van der Waals surface area contributed by atoms with Crippen molar-refractivity contribution in [1.29, 1.82) is 0 Å². The van der Waals surface area contributed by atoms with Crippen LogP contribution in [0.3, 0.4) is 0 Å². The molecule has 9 heteroatoms. The molecule has 0 unspecified atom stereocenters. The van der Waals surface area contributed by atoms with E-state index in [1.807, 2.05) is 35.7 Å². The molecule has 3 rings (SSSR count). The van der Waals surface area contributed by atoms with Crippen LogP contribution >= 0.6 is 0 Å². The van der Waals surface area contributed by atoms with E-state index < -0.39 is 0 Å². The number of pyridine rings is 1. The highest BCUT2D eigenvalue weighted by Crippen LogP contribution is 2.03. The molecule has 114 valence electrons. The Bertz CT molecular complexity index is 777. The van der Waals surface area contributed by atoms with E-state index in [1.165, 1.54) is 0 Å². The zero-order valence-corrected chi connectivity index (χ0v) is 12.1. The fourth-order valence-corrected chi connectivity index (χ4v) is 2.03. The maximum absolute atomic E-state index is 11.9. The van der Waals surface area contributed by atoms with Gasteiger partial charge in [0.25, 0.3) is 0 Å². The first-order valence-corrected chi connectivity index (χ1v) is 7.00. The van der Waals surface area contributed by atoms with Crippen molar-refractivity contribution in [3.8, 4) is 0 Å². The van der Waals surface area contributed by atoms with Crippen molar-refractivity contribution in [2.24, 2.45) is 0 Å². The minimum absolute atomic E-state index is 0.264. The Labute approximate surface area is 126 Å². The number of rotatable bonds is 5. The zero-order valence-electron chi connectivity index (χ0n) is 12.1. The fourth-order valence-electron chi connectivity index (χ4n) is 2.03. The molecule has 3 aromatic heterocycles. The molecular weight excluding hydrogens is 284 g/mol. The largest absolute Gasteiger partial charge is 0.331 e. The molecule has 0 saturated heterocycles. The van der Waals surface area contributed by atoms with Gasteiger partial charge in [-0.15, -0.1) is 15.3 Å². The number of amides is 2. The van der Waals surface area contributed by atoms with E-state index in [9.17, 15) is 4.79 Å². The van der Waals surface area contributed by atoms with Crippen LogP contribution in [0.25, 0.3) is 5.65 Å².